The molecule has 0 aliphatic heterocycles. The van der Waals surface area contributed by atoms with E-state index in [0.717, 1.165) is 5.56 Å². The summed E-state index contributed by atoms with van der Waals surface area (Å²) in [6, 6.07) is 8.65. The van der Waals surface area contributed by atoms with Gasteiger partial charge in [-0.1, -0.05) is 24.4 Å². The largest absolute Gasteiger partial charge is 0.484 e. The molecule has 5 nitrogen and oxygen atoms in total. The predicted molar refractivity (Wildman–Crippen MR) is 71.5 cm³/mol. The number of hydrogen-bond donors (Lipinski definition) is 2. The molecule has 1 aromatic carbocycles. The van der Waals surface area contributed by atoms with E-state index in [1.165, 1.54) is 0 Å². The van der Waals surface area contributed by atoms with Crippen molar-refractivity contribution in [3.05, 3.63) is 35.4 Å². The Kier molecular flexibility index (Phi) is 4.84. The Bertz CT molecular complexity index is 529. The van der Waals surface area contributed by atoms with Crippen LogP contribution in [0.1, 0.15) is 5.56 Å². The molecule has 0 unspecified atom stereocenters. The third-order valence-corrected chi connectivity index (χ3v) is 2.18. The molecule has 0 aliphatic carbocycles. The first-order chi connectivity index (χ1) is 8.52. The molecule has 1 rings (SSSR count). The number of primary amides is 1. The second kappa shape index (κ2) is 6.37. The summed E-state index contributed by atoms with van der Waals surface area (Å²) < 4.78 is 5.09. The van der Waals surface area contributed by atoms with Gasteiger partial charge in [0.2, 0.25) is 0 Å². The maximum absolute atomic E-state index is 10.5. The zero-order valence-corrected chi connectivity index (χ0v) is 10.2. The van der Waals surface area contributed by atoms with Crippen LogP contribution in [-0.4, -0.2) is 17.5 Å². The van der Waals surface area contributed by atoms with E-state index in [1.54, 1.807) is 30.3 Å². The lowest BCUT2D eigenvalue weighted by molar-refractivity contribution is -0.119. The van der Waals surface area contributed by atoms with E-state index in [1.807, 2.05) is 6.07 Å². The van der Waals surface area contributed by atoms with Gasteiger partial charge in [-0.15, -0.1) is 0 Å². The van der Waals surface area contributed by atoms with Gasteiger partial charge >= 0.3 is 0 Å². The molecule has 92 valence electrons. The summed E-state index contributed by atoms with van der Waals surface area (Å²) in [5.74, 6) is -0.0287. The summed E-state index contributed by atoms with van der Waals surface area (Å²) in [5.41, 5.74) is 11.3. The van der Waals surface area contributed by atoms with Gasteiger partial charge in [0.1, 0.15) is 16.8 Å². The summed E-state index contributed by atoms with van der Waals surface area (Å²) in [6.07, 6.45) is 1.57. The van der Waals surface area contributed by atoms with Crippen molar-refractivity contribution in [3.8, 4) is 11.8 Å². The fourth-order valence-corrected chi connectivity index (χ4v) is 1.24. The van der Waals surface area contributed by atoms with E-state index in [9.17, 15) is 4.79 Å². The first kappa shape index (κ1) is 13.7. The van der Waals surface area contributed by atoms with Crippen LogP contribution in [0.25, 0.3) is 6.08 Å². The van der Waals surface area contributed by atoms with Gasteiger partial charge in [0, 0.05) is 0 Å². The average molecular weight is 261 g/mol. The molecule has 1 amide bonds. The topological polar surface area (TPSA) is 102 Å². The summed E-state index contributed by atoms with van der Waals surface area (Å²) >= 11 is 4.72. The van der Waals surface area contributed by atoms with Gasteiger partial charge in [0.05, 0.1) is 5.57 Å². The number of thiocarbonyl (C=S) groups is 1. The van der Waals surface area contributed by atoms with Gasteiger partial charge in [-0.25, -0.2) is 0 Å². The van der Waals surface area contributed by atoms with E-state index >= 15 is 0 Å². The highest BCUT2D eigenvalue weighted by atomic mass is 32.1. The maximum atomic E-state index is 10.5. The molecule has 0 atom stereocenters. The van der Waals surface area contributed by atoms with Crippen LogP contribution < -0.4 is 16.2 Å². The van der Waals surface area contributed by atoms with Crippen LogP contribution in [0, 0.1) is 11.3 Å². The number of ether oxygens (including phenoxy) is 1. The SMILES string of the molecule is N#C/C(=C/c1ccc(OCC(N)=O)cc1)C(N)=S. The van der Waals surface area contributed by atoms with Gasteiger partial charge in [0.15, 0.2) is 6.61 Å². The summed E-state index contributed by atoms with van der Waals surface area (Å²) in [7, 11) is 0. The molecule has 18 heavy (non-hydrogen) atoms. The molecule has 0 heterocycles. The lowest BCUT2D eigenvalue weighted by atomic mass is 10.1. The molecule has 0 aliphatic rings. The molecule has 0 radical (unpaired) electrons. The minimum absolute atomic E-state index is 0.0477. The molecular formula is C12H11N3O2S. The number of amides is 1. The summed E-state index contributed by atoms with van der Waals surface area (Å²) in [5, 5.41) is 8.80. The van der Waals surface area contributed by atoms with Gasteiger partial charge in [-0.2, -0.15) is 5.26 Å². The molecule has 6 heteroatoms. The predicted octanol–water partition coefficient (Wildman–Crippen LogP) is 0.744. The Morgan fingerprint density at radius 1 is 1.39 bits per heavy atom. The number of benzene rings is 1. The number of rotatable bonds is 5. The zero-order chi connectivity index (χ0) is 13.5. The molecule has 0 bridgehead atoms. The Balaban J connectivity index is 2.80. The number of hydrogen-bond acceptors (Lipinski definition) is 4. The second-order valence-corrected chi connectivity index (χ2v) is 3.80. The van der Waals surface area contributed by atoms with E-state index in [4.69, 9.17) is 33.7 Å². The number of nitrogens with two attached hydrogens (primary N) is 2. The van der Waals surface area contributed by atoms with Crippen molar-refractivity contribution in [3.63, 3.8) is 0 Å². The Morgan fingerprint density at radius 2 is 2.00 bits per heavy atom. The fourth-order valence-electron chi connectivity index (χ4n) is 1.14. The van der Waals surface area contributed by atoms with E-state index < -0.39 is 5.91 Å². The summed E-state index contributed by atoms with van der Waals surface area (Å²) in [4.78, 5) is 10.6. The molecule has 0 aromatic heterocycles. The highest BCUT2D eigenvalue weighted by Gasteiger charge is 2.00. The van der Waals surface area contributed by atoms with Crippen molar-refractivity contribution < 1.29 is 9.53 Å². The Labute approximate surface area is 110 Å². The van der Waals surface area contributed by atoms with Crippen LogP contribution in [0.4, 0.5) is 0 Å². The fraction of sp³-hybridized carbons (Fsp3) is 0.0833. The minimum Gasteiger partial charge on any atom is -0.484 e. The number of carbonyl (C=O) groups is 1. The van der Waals surface area contributed by atoms with Crippen LogP contribution in [0.2, 0.25) is 0 Å². The van der Waals surface area contributed by atoms with Crippen molar-refractivity contribution in [2.45, 2.75) is 0 Å². The van der Waals surface area contributed by atoms with Crippen LogP contribution in [0.3, 0.4) is 0 Å². The smallest absolute Gasteiger partial charge is 0.255 e. The molecule has 0 fully saturated rings. The van der Waals surface area contributed by atoms with Gasteiger partial charge in [-0.05, 0) is 23.8 Å². The van der Waals surface area contributed by atoms with Gasteiger partial charge < -0.3 is 16.2 Å². The first-order valence-electron chi connectivity index (χ1n) is 4.95. The standard InChI is InChI=1S/C12H11N3O2S/c13-6-9(12(15)18)5-8-1-3-10(4-2-8)17-7-11(14)16/h1-5H,7H2,(H2,14,16)(H2,15,18)/b9-5-. The third kappa shape index (κ3) is 4.23. The van der Waals surface area contributed by atoms with E-state index in [2.05, 4.69) is 0 Å². The average Bonchev–Trinajstić information content (AvgIpc) is 2.34. The van der Waals surface area contributed by atoms with Crippen molar-refractivity contribution >= 4 is 29.2 Å². The molecular weight excluding hydrogens is 250 g/mol. The normalized spacial score (nSPS) is 10.5. The van der Waals surface area contributed by atoms with Gasteiger partial charge in [0.25, 0.3) is 5.91 Å². The van der Waals surface area contributed by atoms with Crippen molar-refractivity contribution in [1.29, 1.82) is 5.26 Å². The molecule has 0 saturated carbocycles. The quantitative estimate of drug-likeness (QED) is 0.462. The zero-order valence-electron chi connectivity index (χ0n) is 9.42. The lowest BCUT2D eigenvalue weighted by Crippen LogP contribution is -2.19. The Morgan fingerprint density at radius 3 is 2.44 bits per heavy atom. The van der Waals surface area contributed by atoms with Crippen molar-refractivity contribution in [2.24, 2.45) is 11.5 Å². The second-order valence-electron chi connectivity index (χ2n) is 3.36. The number of nitriles is 1. The first-order valence-corrected chi connectivity index (χ1v) is 5.36. The Hall–Kier alpha value is -2.39. The number of carbonyl (C=O) groups excluding carboxylic acids is 1. The molecule has 4 N–H and O–H groups in total. The van der Waals surface area contributed by atoms with Crippen LogP contribution in [0.5, 0.6) is 5.75 Å². The molecule has 0 spiro atoms. The van der Waals surface area contributed by atoms with E-state index in [0.29, 0.717) is 5.75 Å². The highest BCUT2D eigenvalue weighted by molar-refractivity contribution is 7.80. The summed E-state index contributed by atoms with van der Waals surface area (Å²) in [6.45, 7) is -0.175. The lowest BCUT2D eigenvalue weighted by Gasteiger charge is -2.03. The van der Waals surface area contributed by atoms with Gasteiger partial charge in [-0.3, -0.25) is 4.79 Å². The van der Waals surface area contributed by atoms with Crippen LogP contribution in [0.15, 0.2) is 29.8 Å². The highest BCUT2D eigenvalue weighted by Crippen LogP contribution is 2.14. The maximum Gasteiger partial charge on any atom is 0.255 e. The molecule has 0 saturated heterocycles. The van der Waals surface area contributed by atoms with Crippen molar-refractivity contribution in [2.75, 3.05) is 6.61 Å². The number of nitrogens with zero attached hydrogens (tertiary/aromatic N) is 1. The van der Waals surface area contributed by atoms with E-state index in [-0.39, 0.29) is 17.2 Å². The minimum atomic E-state index is -0.542. The monoisotopic (exact) mass is 261 g/mol. The third-order valence-electron chi connectivity index (χ3n) is 1.96. The van der Waals surface area contributed by atoms with Crippen LogP contribution in [-0.2, 0) is 4.79 Å². The molecule has 1 aromatic rings. The van der Waals surface area contributed by atoms with Crippen molar-refractivity contribution in [1.82, 2.24) is 0 Å². The van der Waals surface area contributed by atoms with Crippen LogP contribution >= 0.6 is 12.2 Å².